The van der Waals surface area contributed by atoms with Crippen LogP contribution in [0, 0.1) is 6.92 Å². The van der Waals surface area contributed by atoms with Crippen LogP contribution in [0.1, 0.15) is 47.1 Å². The Hall–Kier alpha value is -2.14. The van der Waals surface area contributed by atoms with Gasteiger partial charge in [-0.3, -0.25) is 4.79 Å². The summed E-state index contributed by atoms with van der Waals surface area (Å²) in [4.78, 5) is 12.6. The largest absolute Gasteiger partial charge is 0.349 e. The summed E-state index contributed by atoms with van der Waals surface area (Å²) in [5, 5.41) is 10.8. The Morgan fingerprint density at radius 1 is 1.25 bits per heavy atom. The summed E-state index contributed by atoms with van der Waals surface area (Å²) >= 11 is 0. The third-order valence-corrected chi connectivity index (χ3v) is 4.74. The Morgan fingerprint density at radius 2 is 1.96 bits per heavy atom. The van der Waals surface area contributed by atoms with E-state index in [4.69, 9.17) is 0 Å². The first-order chi connectivity index (χ1) is 11.6. The highest BCUT2D eigenvalue weighted by Crippen LogP contribution is 2.27. The van der Waals surface area contributed by atoms with Crippen molar-refractivity contribution in [1.29, 1.82) is 0 Å². The van der Waals surface area contributed by atoms with Crippen molar-refractivity contribution in [2.24, 2.45) is 0 Å². The fourth-order valence-electron chi connectivity index (χ4n) is 3.11. The molecule has 0 saturated heterocycles. The Kier molecular flexibility index (Phi) is 5.00. The van der Waals surface area contributed by atoms with Crippen molar-refractivity contribution in [3.05, 3.63) is 46.8 Å². The first-order valence-corrected chi connectivity index (χ1v) is 8.73. The topological polar surface area (TPSA) is 58.9 Å². The van der Waals surface area contributed by atoms with Gasteiger partial charge in [0.15, 0.2) is 5.69 Å². The minimum atomic E-state index is -0.0684. The van der Waals surface area contributed by atoms with Crippen LogP contribution >= 0.6 is 0 Å². The molecule has 1 aliphatic rings. The van der Waals surface area contributed by atoms with Gasteiger partial charge in [-0.05, 0) is 58.7 Å². The van der Waals surface area contributed by atoms with E-state index in [9.17, 15) is 4.79 Å². The van der Waals surface area contributed by atoms with Crippen LogP contribution in [0.5, 0.6) is 0 Å². The number of amides is 1. The van der Waals surface area contributed by atoms with E-state index < -0.39 is 0 Å². The number of carbonyl (C=O) groups excluding carboxylic acids is 1. The molecule has 3 rings (SSSR count). The zero-order valence-corrected chi connectivity index (χ0v) is 14.7. The van der Waals surface area contributed by atoms with Gasteiger partial charge in [-0.2, -0.15) is 5.10 Å². The van der Waals surface area contributed by atoms with E-state index in [1.54, 1.807) is 0 Å². The molecule has 1 atom stereocenters. The van der Waals surface area contributed by atoms with Gasteiger partial charge < -0.3 is 10.6 Å². The van der Waals surface area contributed by atoms with E-state index in [1.807, 2.05) is 18.7 Å². The summed E-state index contributed by atoms with van der Waals surface area (Å²) in [7, 11) is 1.89. The van der Waals surface area contributed by atoms with Gasteiger partial charge in [-0.15, -0.1) is 0 Å². The summed E-state index contributed by atoms with van der Waals surface area (Å²) in [5.41, 5.74) is 5.15. The number of fused-ring (bicyclic) bond motifs is 1. The van der Waals surface area contributed by atoms with E-state index in [0.717, 1.165) is 36.9 Å². The van der Waals surface area contributed by atoms with Crippen molar-refractivity contribution >= 4 is 5.91 Å². The average molecular weight is 326 g/mol. The van der Waals surface area contributed by atoms with Gasteiger partial charge in [0.05, 0.1) is 5.69 Å². The third kappa shape index (κ3) is 3.36. The molecule has 0 aliphatic heterocycles. The molecule has 0 radical (unpaired) electrons. The number of rotatable bonds is 5. The molecule has 0 saturated carbocycles. The molecule has 1 heterocycles. The third-order valence-electron chi connectivity index (χ3n) is 4.74. The molecule has 1 aliphatic carbocycles. The zero-order chi connectivity index (χ0) is 17.1. The van der Waals surface area contributed by atoms with E-state index in [2.05, 4.69) is 46.9 Å². The number of carbonyl (C=O) groups is 1. The number of hydrogen-bond donors (Lipinski definition) is 2. The highest BCUT2D eigenvalue weighted by Gasteiger charge is 2.25. The molecule has 0 spiro atoms. The molecular formula is C19H26N4O. The lowest BCUT2D eigenvalue weighted by Crippen LogP contribution is -2.37. The van der Waals surface area contributed by atoms with Gasteiger partial charge in [0.2, 0.25) is 0 Å². The fourth-order valence-corrected chi connectivity index (χ4v) is 3.11. The molecule has 128 valence electrons. The van der Waals surface area contributed by atoms with Crippen LogP contribution in [0.4, 0.5) is 0 Å². The van der Waals surface area contributed by atoms with Crippen LogP contribution in [-0.2, 0) is 12.8 Å². The van der Waals surface area contributed by atoms with Crippen molar-refractivity contribution in [1.82, 2.24) is 20.4 Å². The fraction of sp³-hybridized carbons (Fsp3) is 0.474. The summed E-state index contributed by atoms with van der Waals surface area (Å²) < 4.78 is 1.96. The van der Waals surface area contributed by atoms with E-state index in [0.29, 0.717) is 12.2 Å². The second kappa shape index (κ2) is 7.18. The standard InChI is InChI=1S/C19H26N4O/c1-13-8-10-15(11-9-13)23-17-7-5-4-6-16(17)18(22-23)19(24)21-12-14(2)20-3/h8-11,14,20H,4-7,12H2,1-3H3,(H,21,24). The van der Waals surface area contributed by atoms with E-state index in [1.165, 1.54) is 11.3 Å². The molecule has 1 amide bonds. The lowest BCUT2D eigenvalue weighted by atomic mass is 9.95. The van der Waals surface area contributed by atoms with Crippen LogP contribution in [-0.4, -0.2) is 35.3 Å². The molecule has 5 heteroatoms. The maximum absolute atomic E-state index is 12.6. The van der Waals surface area contributed by atoms with Gasteiger partial charge in [0.25, 0.3) is 5.91 Å². The molecule has 0 bridgehead atoms. The predicted molar refractivity (Wildman–Crippen MR) is 95.8 cm³/mol. The van der Waals surface area contributed by atoms with E-state index in [-0.39, 0.29) is 11.9 Å². The van der Waals surface area contributed by atoms with Crippen molar-refractivity contribution in [2.45, 2.75) is 45.6 Å². The molecule has 1 aromatic carbocycles. The molecule has 2 N–H and O–H groups in total. The Bertz CT molecular complexity index is 718. The quantitative estimate of drug-likeness (QED) is 0.887. The van der Waals surface area contributed by atoms with Crippen LogP contribution in [0.2, 0.25) is 0 Å². The van der Waals surface area contributed by atoms with Gasteiger partial charge in [0, 0.05) is 23.8 Å². The average Bonchev–Trinajstić information content (AvgIpc) is 3.00. The Morgan fingerprint density at radius 3 is 2.67 bits per heavy atom. The molecule has 0 fully saturated rings. The second-order valence-corrected chi connectivity index (χ2v) is 6.63. The Labute approximate surface area is 143 Å². The number of hydrogen-bond acceptors (Lipinski definition) is 3. The van der Waals surface area contributed by atoms with Crippen LogP contribution < -0.4 is 10.6 Å². The van der Waals surface area contributed by atoms with Crippen LogP contribution in [0.15, 0.2) is 24.3 Å². The lowest BCUT2D eigenvalue weighted by molar-refractivity contribution is 0.0944. The van der Waals surface area contributed by atoms with Gasteiger partial charge >= 0.3 is 0 Å². The normalized spacial score (nSPS) is 15.0. The van der Waals surface area contributed by atoms with Gasteiger partial charge in [0.1, 0.15) is 0 Å². The summed E-state index contributed by atoms with van der Waals surface area (Å²) in [6, 6.07) is 8.55. The molecule has 5 nitrogen and oxygen atoms in total. The van der Waals surface area contributed by atoms with Crippen molar-refractivity contribution in [3.63, 3.8) is 0 Å². The monoisotopic (exact) mass is 326 g/mol. The lowest BCUT2D eigenvalue weighted by Gasteiger charge is -2.14. The minimum Gasteiger partial charge on any atom is -0.349 e. The van der Waals surface area contributed by atoms with Crippen molar-refractivity contribution in [3.8, 4) is 5.69 Å². The predicted octanol–water partition coefficient (Wildman–Crippen LogP) is 2.40. The Balaban J connectivity index is 1.92. The highest BCUT2D eigenvalue weighted by molar-refractivity contribution is 5.94. The maximum atomic E-state index is 12.6. The van der Waals surface area contributed by atoms with Crippen LogP contribution in [0.3, 0.4) is 0 Å². The second-order valence-electron chi connectivity index (χ2n) is 6.63. The maximum Gasteiger partial charge on any atom is 0.272 e. The highest BCUT2D eigenvalue weighted by atomic mass is 16.2. The smallest absolute Gasteiger partial charge is 0.272 e. The van der Waals surface area contributed by atoms with Crippen LogP contribution in [0.25, 0.3) is 5.69 Å². The van der Waals surface area contributed by atoms with Crippen molar-refractivity contribution < 1.29 is 4.79 Å². The number of likely N-dealkylation sites (N-methyl/N-ethyl adjacent to an activating group) is 1. The molecule has 2 aromatic rings. The number of benzene rings is 1. The molecule has 24 heavy (non-hydrogen) atoms. The minimum absolute atomic E-state index is 0.0684. The number of nitrogens with one attached hydrogen (secondary N) is 2. The van der Waals surface area contributed by atoms with Gasteiger partial charge in [-0.25, -0.2) is 4.68 Å². The SMILES string of the molecule is CNC(C)CNC(=O)c1nn(-c2ccc(C)cc2)c2c1CCCC2. The van der Waals surface area contributed by atoms with Gasteiger partial charge in [-0.1, -0.05) is 17.7 Å². The number of aryl methyl sites for hydroxylation is 1. The summed E-state index contributed by atoms with van der Waals surface area (Å²) in [6.07, 6.45) is 4.20. The van der Waals surface area contributed by atoms with Crippen molar-refractivity contribution in [2.75, 3.05) is 13.6 Å². The zero-order valence-electron chi connectivity index (χ0n) is 14.7. The molecular weight excluding hydrogens is 300 g/mol. The first kappa shape index (κ1) is 16.7. The number of nitrogens with zero attached hydrogens (tertiary/aromatic N) is 2. The summed E-state index contributed by atoms with van der Waals surface area (Å²) in [5.74, 6) is -0.0684. The molecule has 1 unspecified atom stereocenters. The molecule has 1 aromatic heterocycles. The first-order valence-electron chi connectivity index (χ1n) is 8.73. The number of aromatic nitrogens is 2. The van der Waals surface area contributed by atoms with E-state index >= 15 is 0 Å². The summed E-state index contributed by atoms with van der Waals surface area (Å²) in [6.45, 7) is 4.71.